The Bertz CT molecular complexity index is 1480. The van der Waals surface area contributed by atoms with Crippen molar-refractivity contribution in [2.45, 2.75) is 13.1 Å². The van der Waals surface area contributed by atoms with Gasteiger partial charge in [0, 0.05) is 43.3 Å². The van der Waals surface area contributed by atoms with Gasteiger partial charge in [-0.3, -0.25) is 4.98 Å². The van der Waals surface area contributed by atoms with Gasteiger partial charge in [0.15, 0.2) is 0 Å². The van der Waals surface area contributed by atoms with E-state index in [9.17, 15) is 0 Å². The number of benzene rings is 3. The molecule has 0 spiro atoms. The van der Waals surface area contributed by atoms with Crippen LogP contribution in [0.2, 0.25) is 5.02 Å². The Kier molecular flexibility index (Phi) is 7.20. The van der Waals surface area contributed by atoms with Gasteiger partial charge in [-0.1, -0.05) is 78.3 Å². The highest BCUT2D eigenvalue weighted by molar-refractivity contribution is 6.33. The van der Waals surface area contributed by atoms with Crippen LogP contribution in [0.15, 0.2) is 103 Å². The third-order valence-electron chi connectivity index (χ3n) is 6.91. The van der Waals surface area contributed by atoms with Gasteiger partial charge in [0.2, 0.25) is 0 Å². The predicted molar refractivity (Wildman–Crippen MR) is 156 cm³/mol. The lowest BCUT2D eigenvalue weighted by Gasteiger charge is -2.29. The number of hydrogen-bond acceptors (Lipinski definition) is 5. The maximum Gasteiger partial charge on any atom is 0.138 e. The molecule has 190 valence electrons. The minimum Gasteiger partial charge on any atom is -0.378 e. The first-order valence-electron chi connectivity index (χ1n) is 13.0. The van der Waals surface area contributed by atoms with Crippen molar-refractivity contribution in [3.63, 3.8) is 0 Å². The van der Waals surface area contributed by atoms with E-state index < -0.39 is 0 Å². The Labute approximate surface area is 228 Å². The first-order valence-corrected chi connectivity index (χ1v) is 13.3. The number of rotatable bonds is 7. The summed E-state index contributed by atoms with van der Waals surface area (Å²) in [7, 11) is 0. The maximum absolute atomic E-state index is 7.00. The molecule has 0 saturated carbocycles. The fourth-order valence-corrected chi connectivity index (χ4v) is 5.28. The number of anilines is 2. The molecule has 6 heteroatoms. The highest BCUT2D eigenvalue weighted by Crippen LogP contribution is 2.35. The van der Waals surface area contributed by atoms with Crippen molar-refractivity contribution in [2.24, 2.45) is 0 Å². The molecule has 1 aliphatic rings. The number of aromatic nitrogens is 2. The molecule has 0 aliphatic carbocycles. The van der Waals surface area contributed by atoms with Crippen molar-refractivity contribution in [1.29, 1.82) is 0 Å². The normalized spacial score (nSPS) is 13.6. The molecule has 0 amide bonds. The second kappa shape index (κ2) is 11.2. The van der Waals surface area contributed by atoms with Gasteiger partial charge < -0.3 is 14.5 Å². The van der Waals surface area contributed by atoms with Crippen LogP contribution in [0, 0.1) is 0 Å². The predicted octanol–water partition coefficient (Wildman–Crippen LogP) is 6.99. The quantitative estimate of drug-likeness (QED) is 0.231. The number of morpholine rings is 1. The highest BCUT2D eigenvalue weighted by atomic mass is 35.5. The molecule has 2 aromatic heterocycles. The largest absolute Gasteiger partial charge is 0.378 e. The van der Waals surface area contributed by atoms with Gasteiger partial charge in [-0.05, 0) is 41.5 Å². The molecule has 1 aliphatic heterocycles. The smallest absolute Gasteiger partial charge is 0.138 e. The summed E-state index contributed by atoms with van der Waals surface area (Å²) in [5, 5.41) is 1.75. The lowest BCUT2D eigenvalue weighted by Crippen LogP contribution is -2.37. The lowest BCUT2D eigenvalue weighted by atomic mass is 10.1. The summed E-state index contributed by atoms with van der Waals surface area (Å²) in [6.07, 6.45) is 1.83. The van der Waals surface area contributed by atoms with Gasteiger partial charge in [0.05, 0.1) is 35.1 Å². The Balaban J connectivity index is 1.37. The van der Waals surface area contributed by atoms with Crippen LogP contribution in [0.1, 0.15) is 11.1 Å². The van der Waals surface area contributed by atoms with Crippen LogP contribution < -0.4 is 9.80 Å². The number of halogens is 1. The average molecular weight is 521 g/mol. The third kappa shape index (κ3) is 5.35. The molecule has 3 aromatic carbocycles. The molecule has 0 atom stereocenters. The van der Waals surface area contributed by atoms with E-state index in [1.807, 2.05) is 30.5 Å². The Morgan fingerprint density at radius 3 is 2.13 bits per heavy atom. The van der Waals surface area contributed by atoms with E-state index in [0.29, 0.717) is 18.2 Å². The molecule has 0 bridgehead atoms. The minimum atomic E-state index is 0.699. The van der Waals surface area contributed by atoms with Gasteiger partial charge >= 0.3 is 0 Å². The monoisotopic (exact) mass is 520 g/mol. The number of pyridine rings is 2. The molecule has 5 aromatic rings. The van der Waals surface area contributed by atoms with Crippen molar-refractivity contribution < 1.29 is 4.74 Å². The molecule has 0 unspecified atom stereocenters. The summed E-state index contributed by atoms with van der Waals surface area (Å²) in [4.78, 5) is 14.4. The molecular weight excluding hydrogens is 492 g/mol. The van der Waals surface area contributed by atoms with E-state index in [1.54, 1.807) is 0 Å². The zero-order chi connectivity index (χ0) is 25.7. The standard InChI is InChI=1S/C32H29ClN4O/c33-28-20-26(29-21-30-27(12-7-15-34-30)32(35-29)36-16-18-38-19-17-36)13-14-31(28)37(22-24-8-3-1-4-9-24)23-25-10-5-2-6-11-25/h1-15,20-21H,16-19,22-23H2. The summed E-state index contributed by atoms with van der Waals surface area (Å²) in [6.45, 7) is 4.55. The molecule has 1 saturated heterocycles. The molecular formula is C32H29ClN4O. The fraction of sp³-hybridized carbons (Fsp3) is 0.188. The average Bonchev–Trinajstić information content (AvgIpc) is 2.98. The van der Waals surface area contributed by atoms with Gasteiger partial charge in [-0.2, -0.15) is 0 Å². The van der Waals surface area contributed by atoms with Crippen LogP contribution in [0.3, 0.4) is 0 Å². The number of nitrogens with zero attached hydrogens (tertiary/aromatic N) is 4. The van der Waals surface area contributed by atoms with E-state index in [4.69, 9.17) is 21.3 Å². The van der Waals surface area contributed by atoms with Gasteiger partial charge in [-0.25, -0.2) is 4.98 Å². The Hall–Kier alpha value is -3.93. The first kappa shape index (κ1) is 24.4. The van der Waals surface area contributed by atoms with Crippen molar-refractivity contribution in [3.8, 4) is 11.3 Å². The van der Waals surface area contributed by atoms with Crippen LogP contribution in [0.5, 0.6) is 0 Å². The molecule has 3 heterocycles. The molecule has 0 radical (unpaired) electrons. The number of fused-ring (bicyclic) bond motifs is 1. The molecule has 38 heavy (non-hydrogen) atoms. The zero-order valence-corrected chi connectivity index (χ0v) is 21.9. The third-order valence-corrected chi connectivity index (χ3v) is 7.21. The van der Waals surface area contributed by atoms with E-state index in [2.05, 4.69) is 87.6 Å². The lowest BCUT2D eigenvalue weighted by molar-refractivity contribution is 0.122. The van der Waals surface area contributed by atoms with Crippen LogP contribution in [-0.4, -0.2) is 36.3 Å². The molecule has 1 fully saturated rings. The van der Waals surface area contributed by atoms with Crippen LogP contribution in [-0.2, 0) is 17.8 Å². The maximum atomic E-state index is 7.00. The van der Waals surface area contributed by atoms with Crippen LogP contribution in [0.25, 0.3) is 22.2 Å². The van der Waals surface area contributed by atoms with Gasteiger partial charge in [0.1, 0.15) is 5.82 Å². The second-order valence-corrected chi connectivity index (χ2v) is 9.90. The first-order chi connectivity index (χ1) is 18.7. The van der Waals surface area contributed by atoms with Gasteiger partial charge in [-0.15, -0.1) is 0 Å². The summed E-state index contributed by atoms with van der Waals surface area (Å²) in [5.74, 6) is 0.948. The minimum absolute atomic E-state index is 0.699. The summed E-state index contributed by atoms with van der Waals surface area (Å²) >= 11 is 7.00. The van der Waals surface area contributed by atoms with E-state index in [1.165, 1.54) is 11.1 Å². The fourth-order valence-electron chi connectivity index (χ4n) is 4.98. The van der Waals surface area contributed by atoms with E-state index >= 15 is 0 Å². The van der Waals surface area contributed by atoms with Crippen molar-refractivity contribution in [1.82, 2.24) is 9.97 Å². The highest BCUT2D eigenvalue weighted by Gasteiger charge is 2.19. The summed E-state index contributed by atoms with van der Waals surface area (Å²) in [5.41, 5.74) is 6.23. The van der Waals surface area contributed by atoms with Crippen molar-refractivity contribution in [2.75, 3.05) is 36.1 Å². The number of hydrogen-bond donors (Lipinski definition) is 0. The van der Waals surface area contributed by atoms with Gasteiger partial charge in [0.25, 0.3) is 0 Å². The molecule has 5 nitrogen and oxygen atoms in total. The zero-order valence-electron chi connectivity index (χ0n) is 21.1. The summed E-state index contributed by atoms with van der Waals surface area (Å²) < 4.78 is 5.58. The van der Waals surface area contributed by atoms with Crippen molar-refractivity contribution >= 4 is 34.0 Å². The molecule has 6 rings (SSSR count). The topological polar surface area (TPSA) is 41.5 Å². The Morgan fingerprint density at radius 2 is 1.47 bits per heavy atom. The van der Waals surface area contributed by atoms with E-state index in [0.717, 1.165) is 59.8 Å². The summed E-state index contributed by atoms with van der Waals surface area (Å²) in [6, 6.07) is 33.4. The van der Waals surface area contributed by atoms with E-state index in [-0.39, 0.29) is 0 Å². The van der Waals surface area contributed by atoms with Crippen LogP contribution >= 0.6 is 11.6 Å². The molecule has 0 N–H and O–H groups in total. The Morgan fingerprint density at radius 1 is 0.789 bits per heavy atom. The number of ether oxygens (including phenoxy) is 1. The van der Waals surface area contributed by atoms with Crippen LogP contribution in [0.4, 0.5) is 11.5 Å². The van der Waals surface area contributed by atoms with Crippen molar-refractivity contribution in [3.05, 3.63) is 119 Å². The SMILES string of the molecule is Clc1cc(-c2cc3ncccc3c(N3CCOCC3)n2)ccc1N(Cc1ccccc1)Cc1ccccc1. The second-order valence-electron chi connectivity index (χ2n) is 9.49.